The van der Waals surface area contributed by atoms with E-state index in [2.05, 4.69) is 20.3 Å². The number of nitrogens with one attached hydrogen (secondary N) is 1. The van der Waals surface area contributed by atoms with Gasteiger partial charge in [-0.2, -0.15) is 0 Å². The molecule has 1 aliphatic rings. The molecule has 2 aromatic heterocycles. The van der Waals surface area contributed by atoms with Crippen molar-refractivity contribution in [2.75, 3.05) is 24.9 Å². The van der Waals surface area contributed by atoms with E-state index in [1.165, 1.54) is 19.5 Å². The Labute approximate surface area is 218 Å². The predicted octanol–water partition coefficient (Wildman–Crippen LogP) is 2.19. The number of hydrogen-bond donors (Lipinski definition) is 6. The van der Waals surface area contributed by atoms with E-state index in [1.807, 2.05) is 0 Å². The van der Waals surface area contributed by atoms with Crippen molar-refractivity contribution < 1.29 is 47.7 Å². The molecule has 17 heteroatoms. The predicted molar refractivity (Wildman–Crippen MR) is 135 cm³/mol. The second-order valence-electron chi connectivity index (χ2n) is 9.08. The standard InChI is InChI=1S/C21H34FN5O9P2/c1-3-6-13(9-36-38(33,34)12-37(30,31)32)18(28)16(22)21(29)27-11-23-17-19(24-14-7-4-5-8-14)25-15(10-35-2)26-20(17)27/h6,11,14,16,18,21,28-29H,3-5,7-10,12H2,1-2H3,(H,33,34)(H,24,25,26)(H2,30,31,32)/b13-6-/t16-,18+,21+/m0/s1. The zero-order valence-electron chi connectivity index (χ0n) is 21.1. The molecular weight excluding hydrogens is 547 g/mol. The molecule has 14 nitrogen and oxygen atoms in total. The fraction of sp³-hybridized carbons (Fsp3) is 0.667. The minimum absolute atomic E-state index is 0.0504. The Morgan fingerprint density at radius 2 is 1.95 bits per heavy atom. The van der Waals surface area contributed by atoms with Crippen molar-refractivity contribution in [1.82, 2.24) is 19.5 Å². The summed E-state index contributed by atoms with van der Waals surface area (Å²) in [5.74, 6) is -0.743. The molecule has 1 unspecified atom stereocenters. The lowest BCUT2D eigenvalue weighted by molar-refractivity contribution is -0.0352. The number of anilines is 1. The minimum Gasteiger partial charge on any atom is -0.385 e. The Morgan fingerprint density at radius 1 is 1.26 bits per heavy atom. The summed E-state index contributed by atoms with van der Waals surface area (Å²) >= 11 is 0. The molecule has 4 atom stereocenters. The first-order chi connectivity index (χ1) is 17.8. The summed E-state index contributed by atoms with van der Waals surface area (Å²) in [7, 11) is -8.15. The second kappa shape index (κ2) is 13.0. The number of aliphatic hydroxyl groups excluding tert-OH is 2. The fourth-order valence-corrected chi connectivity index (χ4v) is 6.75. The van der Waals surface area contributed by atoms with Gasteiger partial charge in [-0.1, -0.05) is 25.8 Å². The molecule has 0 bridgehead atoms. The number of hydrogen-bond acceptors (Lipinski definition) is 10. The molecule has 0 saturated heterocycles. The SMILES string of the molecule is CC/C=C(/COP(=O)(O)CP(=O)(O)O)[C@@H](O)[C@H](F)[C@@H](O)n1cnc2c(NC3CCCC3)nc(COC)nc21. The van der Waals surface area contributed by atoms with E-state index in [0.29, 0.717) is 11.3 Å². The van der Waals surface area contributed by atoms with Crippen molar-refractivity contribution in [1.29, 1.82) is 0 Å². The summed E-state index contributed by atoms with van der Waals surface area (Å²) in [6.45, 7) is 0.909. The van der Waals surface area contributed by atoms with Crippen LogP contribution in [0.5, 0.6) is 0 Å². The number of allylic oxidation sites excluding steroid dienone is 1. The minimum atomic E-state index is -4.87. The van der Waals surface area contributed by atoms with Crippen LogP contribution in [-0.2, 0) is 25.0 Å². The number of nitrogens with zero attached hydrogens (tertiary/aromatic N) is 4. The first-order valence-electron chi connectivity index (χ1n) is 12.0. The van der Waals surface area contributed by atoms with Crippen LogP contribution in [0, 0.1) is 0 Å². The average Bonchev–Trinajstić information content (AvgIpc) is 3.49. The molecule has 0 amide bonds. The van der Waals surface area contributed by atoms with Crippen molar-refractivity contribution in [3.05, 3.63) is 23.8 Å². The third-order valence-corrected chi connectivity index (χ3v) is 9.39. The van der Waals surface area contributed by atoms with Gasteiger partial charge in [-0.05, 0) is 24.8 Å². The quantitative estimate of drug-likeness (QED) is 0.140. The van der Waals surface area contributed by atoms with E-state index in [9.17, 15) is 24.2 Å². The van der Waals surface area contributed by atoms with Gasteiger partial charge in [0.15, 0.2) is 41.1 Å². The van der Waals surface area contributed by atoms with Gasteiger partial charge in [-0.15, -0.1) is 0 Å². The van der Waals surface area contributed by atoms with Crippen LogP contribution in [-0.4, -0.2) is 82.3 Å². The van der Waals surface area contributed by atoms with Crippen LogP contribution in [0.15, 0.2) is 18.0 Å². The zero-order valence-corrected chi connectivity index (χ0v) is 22.8. The van der Waals surface area contributed by atoms with Gasteiger partial charge in [0.2, 0.25) is 0 Å². The molecule has 3 rings (SSSR count). The Balaban J connectivity index is 1.84. The number of rotatable bonds is 14. The van der Waals surface area contributed by atoms with Crippen LogP contribution in [0.3, 0.4) is 0 Å². The van der Waals surface area contributed by atoms with Crippen LogP contribution < -0.4 is 5.32 Å². The van der Waals surface area contributed by atoms with Crippen LogP contribution in [0.2, 0.25) is 0 Å². The highest BCUT2D eigenvalue weighted by atomic mass is 31.2. The smallest absolute Gasteiger partial charge is 0.340 e. The largest absolute Gasteiger partial charge is 0.385 e. The van der Waals surface area contributed by atoms with Gasteiger partial charge in [0.05, 0.1) is 12.9 Å². The lowest BCUT2D eigenvalue weighted by Crippen LogP contribution is -2.34. The fourth-order valence-electron chi connectivity index (χ4n) is 4.21. The molecule has 2 heterocycles. The van der Waals surface area contributed by atoms with Crippen LogP contribution in [0.4, 0.5) is 10.2 Å². The van der Waals surface area contributed by atoms with Crippen molar-refractivity contribution in [2.45, 2.75) is 70.2 Å². The number of methoxy groups -OCH3 is 1. The van der Waals surface area contributed by atoms with E-state index in [0.717, 1.165) is 30.3 Å². The molecule has 0 radical (unpaired) electrons. The summed E-state index contributed by atoms with van der Waals surface area (Å²) in [6.07, 6.45) is 0.502. The molecule has 0 spiro atoms. The summed E-state index contributed by atoms with van der Waals surface area (Å²) in [4.78, 5) is 40.6. The van der Waals surface area contributed by atoms with Crippen LogP contribution in [0.25, 0.3) is 11.2 Å². The summed E-state index contributed by atoms with van der Waals surface area (Å²) in [6, 6.07) is 0.184. The van der Waals surface area contributed by atoms with Crippen molar-refractivity contribution in [2.24, 2.45) is 0 Å². The molecule has 1 aliphatic carbocycles. The molecule has 6 N–H and O–H groups in total. The van der Waals surface area contributed by atoms with E-state index >= 15 is 4.39 Å². The van der Waals surface area contributed by atoms with Gasteiger partial charge in [-0.3, -0.25) is 13.7 Å². The maximum atomic E-state index is 15.4. The first-order valence-corrected chi connectivity index (χ1v) is 15.6. The lowest BCUT2D eigenvalue weighted by atomic mass is 10.0. The monoisotopic (exact) mass is 581 g/mol. The molecule has 1 fully saturated rings. The van der Waals surface area contributed by atoms with Crippen molar-refractivity contribution in [3.63, 3.8) is 0 Å². The molecular formula is C21H34FN5O9P2. The number of ether oxygens (including phenoxy) is 1. The Kier molecular flexibility index (Phi) is 10.5. The maximum Gasteiger partial charge on any atom is 0.340 e. The molecule has 1 saturated carbocycles. The van der Waals surface area contributed by atoms with E-state index < -0.39 is 46.2 Å². The summed E-state index contributed by atoms with van der Waals surface area (Å²) in [5, 5.41) is 24.8. The van der Waals surface area contributed by atoms with Crippen molar-refractivity contribution >= 4 is 32.2 Å². The molecule has 0 aliphatic heterocycles. The number of aromatic nitrogens is 4. The molecule has 214 valence electrons. The number of aliphatic hydroxyl groups is 2. The van der Waals surface area contributed by atoms with Gasteiger partial charge >= 0.3 is 15.2 Å². The Bertz CT molecular complexity index is 1220. The number of fused-ring (bicyclic) bond motifs is 1. The van der Waals surface area contributed by atoms with Gasteiger partial charge in [0.25, 0.3) is 0 Å². The normalized spacial score (nSPS) is 19.4. The third-order valence-electron chi connectivity index (χ3n) is 5.95. The molecule has 0 aromatic carbocycles. The van der Waals surface area contributed by atoms with E-state index in [-0.39, 0.29) is 36.1 Å². The lowest BCUT2D eigenvalue weighted by Gasteiger charge is -2.25. The van der Waals surface area contributed by atoms with Gasteiger partial charge in [0, 0.05) is 13.2 Å². The zero-order chi connectivity index (χ0) is 28.1. The van der Waals surface area contributed by atoms with Crippen LogP contribution in [0.1, 0.15) is 51.1 Å². The highest BCUT2D eigenvalue weighted by molar-refractivity contribution is 7.70. The Hall–Kier alpha value is -1.80. The van der Waals surface area contributed by atoms with E-state index in [4.69, 9.17) is 19.0 Å². The summed E-state index contributed by atoms with van der Waals surface area (Å²) in [5.41, 5.74) is 0.208. The summed E-state index contributed by atoms with van der Waals surface area (Å²) < 4.78 is 49.4. The highest BCUT2D eigenvalue weighted by Crippen LogP contribution is 2.55. The average molecular weight is 581 g/mol. The number of imidazole rings is 1. The Morgan fingerprint density at radius 3 is 2.55 bits per heavy atom. The number of alkyl halides is 1. The molecule has 2 aromatic rings. The van der Waals surface area contributed by atoms with Gasteiger partial charge in [-0.25, -0.2) is 19.3 Å². The maximum absolute atomic E-state index is 15.4. The number of halogens is 1. The highest BCUT2D eigenvalue weighted by Gasteiger charge is 2.35. The van der Waals surface area contributed by atoms with Crippen LogP contribution >= 0.6 is 15.2 Å². The topological polar surface area (TPSA) is 209 Å². The van der Waals surface area contributed by atoms with Gasteiger partial charge in [0.1, 0.15) is 12.7 Å². The van der Waals surface area contributed by atoms with Gasteiger partial charge < -0.3 is 39.5 Å². The third kappa shape index (κ3) is 8.10. The second-order valence-corrected chi connectivity index (χ2v) is 13.1. The van der Waals surface area contributed by atoms with E-state index in [1.54, 1.807) is 6.92 Å². The molecule has 38 heavy (non-hydrogen) atoms. The van der Waals surface area contributed by atoms with Crippen molar-refractivity contribution in [3.8, 4) is 0 Å². The first kappa shape index (κ1) is 30.7.